The Bertz CT molecular complexity index is 527. The van der Waals surface area contributed by atoms with E-state index in [9.17, 15) is 0 Å². The van der Waals surface area contributed by atoms with Crippen LogP contribution in [0.1, 0.15) is 22.3 Å². The number of nitrogens with zero attached hydrogens (tertiary/aromatic N) is 2. The molecule has 2 aromatic rings. The zero-order valence-electron chi connectivity index (χ0n) is 12.0. The zero-order chi connectivity index (χ0) is 13.1. The number of thiophene rings is 1. The molecule has 0 spiro atoms. The summed E-state index contributed by atoms with van der Waals surface area (Å²) in [6.07, 6.45) is 0. The molecule has 2 aromatic heterocycles. The highest BCUT2D eigenvalue weighted by Crippen LogP contribution is 2.30. The van der Waals surface area contributed by atoms with E-state index in [1.165, 1.54) is 10.6 Å². The number of halogens is 2. The van der Waals surface area contributed by atoms with E-state index >= 15 is 0 Å². The monoisotopic (exact) mass is 345 g/mol. The van der Waals surface area contributed by atoms with Crippen molar-refractivity contribution in [1.29, 1.82) is 0 Å². The van der Waals surface area contributed by atoms with E-state index in [1.807, 2.05) is 11.3 Å². The molecule has 1 saturated heterocycles. The second-order valence-electron chi connectivity index (χ2n) is 4.91. The molecule has 0 aliphatic carbocycles. The Morgan fingerprint density at radius 3 is 2.52 bits per heavy atom. The lowest BCUT2D eigenvalue weighted by Gasteiger charge is -2.34. The molecule has 3 heterocycles. The molecule has 0 unspecified atom stereocenters. The average Bonchev–Trinajstić information content (AvgIpc) is 2.94. The van der Waals surface area contributed by atoms with Crippen molar-refractivity contribution in [3.05, 3.63) is 52.0 Å². The molecule has 1 aliphatic heterocycles. The first kappa shape index (κ1) is 18.4. The minimum Gasteiger partial charge on any atom is -0.314 e. The van der Waals surface area contributed by atoms with Gasteiger partial charge in [-0.15, -0.1) is 36.2 Å². The fraction of sp³-hybridized carbons (Fsp3) is 0.400. The predicted molar refractivity (Wildman–Crippen MR) is 94.1 cm³/mol. The van der Waals surface area contributed by atoms with E-state index in [-0.39, 0.29) is 24.8 Å². The van der Waals surface area contributed by atoms with Crippen LogP contribution in [-0.4, -0.2) is 36.1 Å². The number of pyridine rings is 1. The fourth-order valence-electron chi connectivity index (χ4n) is 2.62. The van der Waals surface area contributed by atoms with Gasteiger partial charge in [0, 0.05) is 36.8 Å². The number of hydrogen-bond donors (Lipinski definition) is 1. The van der Waals surface area contributed by atoms with Gasteiger partial charge in [0.1, 0.15) is 0 Å². The van der Waals surface area contributed by atoms with Gasteiger partial charge in [-0.2, -0.15) is 0 Å². The van der Waals surface area contributed by atoms with Gasteiger partial charge in [0.15, 0.2) is 0 Å². The summed E-state index contributed by atoms with van der Waals surface area (Å²) in [5.74, 6) is 0. The highest BCUT2D eigenvalue weighted by atomic mass is 35.5. The van der Waals surface area contributed by atoms with Gasteiger partial charge in [0.05, 0.1) is 11.7 Å². The van der Waals surface area contributed by atoms with Crippen LogP contribution in [0.2, 0.25) is 0 Å². The molecule has 0 bridgehead atoms. The number of hydrogen-bond acceptors (Lipinski definition) is 4. The third kappa shape index (κ3) is 4.41. The molecule has 6 heteroatoms. The van der Waals surface area contributed by atoms with E-state index in [4.69, 9.17) is 4.98 Å². The van der Waals surface area contributed by atoms with Crippen molar-refractivity contribution in [3.8, 4) is 0 Å². The van der Waals surface area contributed by atoms with Crippen LogP contribution in [0.15, 0.2) is 35.7 Å². The predicted octanol–water partition coefficient (Wildman–Crippen LogP) is 3.29. The topological polar surface area (TPSA) is 28.2 Å². The van der Waals surface area contributed by atoms with Gasteiger partial charge in [-0.1, -0.05) is 12.1 Å². The summed E-state index contributed by atoms with van der Waals surface area (Å²) >= 11 is 1.82. The molecule has 1 fully saturated rings. The van der Waals surface area contributed by atoms with Gasteiger partial charge in [-0.3, -0.25) is 9.88 Å². The first-order valence-electron chi connectivity index (χ1n) is 6.76. The maximum atomic E-state index is 4.75. The van der Waals surface area contributed by atoms with Crippen molar-refractivity contribution < 1.29 is 0 Å². The van der Waals surface area contributed by atoms with Crippen molar-refractivity contribution >= 4 is 36.2 Å². The van der Waals surface area contributed by atoms with E-state index in [0.29, 0.717) is 6.04 Å². The molecular formula is C15H21Cl2N3S. The van der Waals surface area contributed by atoms with Crippen LogP contribution in [-0.2, 0) is 0 Å². The van der Waals surface area contributed by atoms with Gasteiger partial charge in [-0.05, 0) is 30.5 Å². The third-order valence-electron chi connectivity index (χ3n) is 3.52. The molecule has 0 saturated carbocycles. The van der Waals surface area contributed by atoms with Crippen molar-refractivity contribution in [1.82, 2.24) is 15.2 Å². The number of aromatic nitrogens is 1. The van der Waals surface area contributed by atoms with Crippen LogP contribution in [0.4, 0.5) is 0 Å². The summed E-state index contributed by atoms with van der Waals surface area (Å²) < 4.78 is 0. The van der Waals surface area contributed by atoms with Crippen LogP contribution in [0.25, 0.3) is 0 Å². The summed E-state index contributed by atoms with van der Waals surface area (Å²) in [5, 5.41) is 5.57. The zero-order valence-corrected chi connectivity index (χ0v) is 14.4. The second kappa shape index (κ2) is 8.71. The maximum absolute atomic E-state index is 4.75. The van der Waals surface area contributed by atoms with Crippen molar-refractivity contribution in [2.75, 3.05) is 26.2 Å². The SMILES string of the molecule is Cc1cccc([C@H](c2cccs2)N2CCNCC2)n1.Cl.Cl. The molecule has 21 heavy (non-hydrogen) atoms. The summed E-state index contributed by atoms with van der Waals surface area (Å²) in [6.45, 7) is 6.35. The minimum absolute atomic E-state index is 0. The first-order chi connectivity index (χ1) is 9.34. The highest BCUT2D eigenvalue weighted by Gasteiger charge is 2.25. The average molecular weight is 346 g/mol. The summed E-state index contributed by atoms with van der Waals surface area (Å²) in [4.78, 5) is 8.67. The number of piperazine rings is 1. The normalized spacial score (nSPS) is 16.6. The van der Waals surface area contributed by atoms with Crippen LogP contribution in [0.5, 0.6) is 0 Å². The molecule has 3 rings (SSSR count). The lowest BCUT2D eigenvalue weighted by atomic mass is 10.1. The Hall–Kier alpha value is -0.650. The summed E-state index contributed by atoms with van der Waals surface area (Å²) in [7, 11) is 0. The van der Waals surface area contributed by atoms with Gasteiger partial charge < -0.3 is 5.32 Å². The molecule has 0 aromatic carbocycles. The molecule has 1 aliphatic rings. The lowest BCUT2D eigenvalue weighted by molar-refractivity contribution is 0.197. The highest BCUT2D eigenvalue weighted by molar-refractivity contribution is 7.10. The van der Waals surface area contributed by atoms with Crippen molar-refractivity contribution in [2.24, 2.45) is 0 Å². The van der Waals surface area contributed by atoms with Crippen molar-refractivity contribution in [2.45, 2.75) is 13.0 Å². The van der Waals surface area contributed by atoms with E-state index in [2.05, 4.69) is 52.9 Å². The van der Waals surface area contributed by atoms with Crippen LogP contribution in [0.3, 0.4) is 0 Å². The first-order valence-corrected chi connectivity index (χ1v) is 7.64. The van der Waals surface area contributed by atoms with E-state index in [1.54, 1.807) is 0 Å². The minimum atomic E-state index is 0. The van der Waals surface area contributed by atoms with Gasteiger partial charge in [0.25, 0.3) is 0 Å². The van der Waals surface area contributed by atoms with Gasteiger partial charge >= 0.3 is 0 Å². The smallest absolute Gasteiger partial charge is 0.0870 e. The largest absolute Gasteiger partial charge is 0.314 e. The lowest BCUT2D eigenvalue weighted by Crippen LogP contribution is -2.45. The quantitative estimate of drug-likeness (QED) is 0.924. The van der Waals surface area contributed by atoms with E-state index < -0.39 is 0 Å². The Morgan fingerprint density at radius 2 is 1.90 bits per heavy atom. The molecule has 3 nitrogen and oxygen atoms in total. The van der Waals surface area contributed by atoms with Crippen LogP contribution < -0.4 is 5.32 Å². The molecule has 1 N–H and O–H groups in total. The summed E-state index contributed by atoms with van der Waals surface area (Å²) in [6, 6.07) is 11.0. The van der Waals surface area contributed by atoms with Gasteiger partial charge in [-0.25, -0.2) is 0 Å². The number of rotatable bonds is 3. The van der Waals surface area contributed by atoms with Crippen LogP contribution in [0, 0.1) is 6.92 Å². The Kier molecular flexibility index (Phi) is 7.63. The Morgan fingerprint density at radius 1 is 1.14 bits per heavy atom. The maximum Gasteiger partial charge on any atom is 0.0870 e. The molecular weight excluding hydrogens is 325 g/mol. The van der Waals surface area contributed by atoms with Crippen LogP contribution >= 0.6 is 36.2 Å². The standard InChI is InChI=1S/C15H19N3S.2ClH/c1-12-4-2-5-13(17-12)15(14-6-3-11-19-14)18-9-7-16-8-10-18;;/h2-6,11,15-16H,7-10H2,1H3;2*1H/t15-;;/m1../s1. The molecule has 0 amide bonds. The van der Waals surface area contributed by atoms with Gasteiger partial charge in [0.2, 0.25) is 0 Å². The molecule has 0 radical (unpaired) electrons. The summed E-state index contributed by atoms with van der Waals surface area (Å²) in [5.41, 5.74) is 2.26. The van der Waals surface area contributed by atoms with Crippen molar-refractivity contribution in [3.63, 3.8) is 0 Å². The Labute approximate surface area is 142 Å². The third-order valence-corrected chi connectivity index (χ3v) is 4.44. The van der Waals surface area contributed by atoms with E-state index in [0.717, 1.165) is 31.9 Å². The number of aryl methyl sites for hydroxylation is 1. The number of nitrogens with one attached hydrogen (secondary N) is 1. The molecule has 1 atom stereocenters. The fourth-order valence-corrected chi connectivity index (χ4v) is 3.49. The Balaban J connectivity index is 0.00000110. The molecule has 116 valence electrons. The second-order valence-corrected chi connectivity index (χ2v) is 5.89.